The first-order valence-electron chi connectivity index (χ1n) is 6.85. The predicted octanol–water partition coefficient (Wildman–Crippen LogP) is 1.61. The van der Waals surface area contributed by atoms with Crippen LogP contribution in [0.25, 0.3) is 0 Å². The maximum absolute atomic E-state index is 5.67. The van der Waals surface area contributed by atoms with Crippen LogP contribution in [0.1, 0.15) is 39.0 Å². The topological polar surface area (TPSA) is 38.5 Å². The van der Waals surface area contributed by atoms with Gasteiger partial charge in [0.25, 0.3) is 0 Å². The van der Waals surface area contributed by atoms with Crippen LogP contribution in [-0.2, 0) is 4.74 Å². The summed E-state index contributed by atoms with van der Waals surface area (Å²) in [6.07, 6.45) is 6.83. The molecule has 0 aromatic heterocycles. The zero-order valence-corrected chi connectivity index (χ0v) is 10.5. The van der Waals surface area contributed by atoms with Crippen molar-refractivity contribution < 1.29 is 4.74 Å². The first-order valence-corrected chi connectivity index (χ1v) is 6.85. The molecule has 3 nitrogen and oxygen atoms in total. The highest BCUT2D eigenvalue weighted by molar-refractivity contribution is 4.82. The quantitative estimate of drug-likeness (QED) is 0.794. The summed E-state index contributed by atoms with van der Waals surface area (Å²) in [5, 5.41) is 0. The van der Waals surface area contributed by atoms with Crippen LogP contribution in [0.2, 0.25) is 0 Å². The van der Waals surface area contributed by atoms with Gasteiger partial charge in [0, 0.05) is 19.2 Å². The average Bonchev–Trinajstić information content (AvgIpc) is 2.30. The van der Waals surface area contributed by atoms with Crippen LogP contribution in [0, 0.1) is 5.92 Å². The molecule has 3 heteroatoms. The molecular weight excluding hydrogens is 200 g/mol. The Hall–Kier alpha value is -0.120. The molecule has 2 aliphatic rings. The lowest BCUT2D eigenvalue weighted by molar-refractivity contribution is -0.0269. The summed E-state index contributed by atoms with van der Waals surface area (Å²) in [6.45, 7) is 6.56. The van der Waals surface area contributed by atoms with Gasteiger partial charge in [-0.1, -0.05) is 0 Å². The minimum Gasteiger partial charge on any atom is -0.378 e. The van der Waals surface area contributed by atoms with E-state index in [1.807, 2.05) is 0 Å². The summed E-state index contributed by atoms with van der Waals surface area (Å²) in [4.78, 5) is 2.70. The van der Waals surface area contributed by atoms with E-state index in [1.54, 1.807) is 0 Å². The van der Waals surface area contributed by atoms with Gasteiger partial charge in [-0.2, -0.15) is 0 Å². The number of nitrogens with zero attached hydrogens (tertiary/aromatic N) is 1. The van der Waals surface area contributed by atoms with Crippen LogP contribution >= 0.6 is 0 Å². The predicted molar refractivity (Wildman–Crippen MR) is 66.4 cm³/mol. The summed E-state index contributed by atoms with van der Waals surface area (Å²) in [5.41, 5.74) is 5.67. The third kappa shape index (κ3) is 3.19. The molecule has 0 amide bonds. The molecule has 0 radical (unpaired) electrons. The molecule has 0 bridgehead atoms. The lowest BCUT2D eigenvalue weighted by Crippen LogP contribution is -2.46. The molecule has 94 valence electrons. The van der Waals surface area contributed by atoms with E-state index >= 15 is 0 Å². The minimum atomic E-state index is 0.452. The molecule has 3 atom stereocenters. The van der Waals surface area contributed by atoms with Crippen LogP contribution in [0.3, 0.4) is 0 Å². The third-order valence-electron chi connectivity index (χ3n) is 4.10. The molecule has 2 heterocycles. The van der Waals surface area contributed by atoms with Gasteiger partial charge >= 0.3 is 0 Å². The smallest absolute Gasteiger partial charge is 0.0561 e. The number of hydrogen-bond acceptors (Lipinski definition) is 3. The number of rotatable bonds is 3. The summed E-state index contributed by atoms with van der Waals surface area (Å²) in [5.74, 6) is 0.844. The Labute approximate surface area is 99.3 Å². The molecule has 0 aromatic rings. The Morgan fingerprint density at radius 2 is 2.25 bits per heavy atom. The number of likely N-dealkylation sites (tertiary alicyclic amines) is 1. The number of ether oxygens (including phenoxy) is 1. The van der Waals surface area contributed by atoms with Gasteiger partial charge in [-0.05, 0) is 58.0 Å². The minimum absolute atomic E-state index is 0.452. The normalized spacial score (nSPS) is 37.5. The van der Waals surface area contributed by atoms with E-state index in [4.69, 9.17) is 10.5 Å². The van der Waals surface area contributed by atoms with E-state index in [0.29, 0.717) is 6.10 Å². The Morgan fingerprint density at radius 1 is 1.38 bits per heavy atom. The molecule has 2 fully saturated rings. The van der Waals surface area contributed by atoms with E-state index in [0.717, 1.165) is 25.1 Å². The molecule has 2 N–H and O–H groups in total. The van der Waals surface area contributed by atoms with Gasteiger partial charge in [0.15, 0.2) is 0 Å². The fourth-order valence-corrected chi connectivity index (χ4v) is 3.21. The molecular formula is C13H26N2O. The van der Waals surface area contributed by atoms with Crippen LogP contribution in [0.4, 0.5) is 0 Å². The van der Waals surface area contributed by atoms with E-state index in [1.165, 1.54) is 45.2 Å². The number of nitrogens with two attached hydrogens (primary N) is 1. The number of hydrogen-bond donors (Lipinski definition) is 1. The Balaban J connectivity index is 1.83. The second kappa shape index (κ2) is 5.99. The zero-order chi connectivity index (χ0) is 11.4. The average molecular weight is 226 g/mol. The molecule has 2 aliphatic heterocycles. The van der Waals surface area contributed by atoms with Crippen LogP contribution in [0.15, 0.2) is 0 Å². The second-order valence-electron chi connectivity index (χ2n) is 5.44. The van der Waals surface area contributed by atoms with Gasteiger partial charge in [-0.15, -0.1) is 0 Å². The fraction of sp³-hybridized carbons (Fsp3) is 1.00. The van der Waals surface area contributed by atoms with Crippen LogP contribution in [0.5, 0.6) is 0 Å². The molecule has 0 spiro atoms. The van der Waals surface area contributed by atoms with Crippen molar-refractivity contribution in [2.24, 2.45) is 11.7 Å². The maximum Gasteiger partial charge on any atom is 0.0561 e. The third-order valence-corrected chi connectivity index (χ3v) is 4.10. The Kier molecular flexibility index (Phi) is 4.62. The van der Waals surface area contributed by atoms with Crippen molar-refractivity contribution in [2.45, 2.75) is 51.2 Å². The van der Waals surface area contributed by atoms with Crippen molar-refractivity contribution in [3.63, 3.8) is 0 Å². The van der Waals surface area contributed by atoms with Crippen molar-refractivity contribution in [3.05, 3.63) is 0 Å². The van der Waals surface area contributed by atoms with E-state index < -0.39 is 0 Å². The van der Waals surface area contributed by atoms with Gasteiger partial charge in [0.1, 0.15) is 0 Å². The van der Waals surface area contributed by atoms with E-state index in [9.17, 15) is 0 Å². The highest BCUT2D eigenvalue weighted by Crippen LogP contribution is 2.26. The SMILES string of the molecule is CC1CC(N2CCCC(CCN)C2)CCO1. The first kappa shape index (κ1) is 12.3. The standard InChI is InChI=1S/C13H26N2O/c1-11-9-13(5-8-16-11)15-7-2-3-12(10-15)4-6-14/h11-13H,2-10,14H2,1H3. The van der Waals surface area contributed by atoms with E-state index in [2.05, 4.69) is 11.8 Å². The lowest BCUT2D eigenvalue weighted by atomic mass is 9.91. The fourth-order valence-electron chi connectivity index (χ4n) is 3.21. The van der Waals surface area contributed by atoms with Gasteiger partial charge in [0.2, 0.25) is 0 Å². The molecule has 2 rings (SSSR count). The van der Waals surface area contributed by atoms with Gasteiger partial charge in [0.05, 0.1) is 6.10 Å². The van der Waals surface area contributed by atoms with Crippen molar-refractivity contribution in [1.29, 1.82) is 0 Å². The van der Waals surface area contributed by atoms with Gasteiger partial charge < -0.3 is 10.5 Å². The highest BCUT2D eigenvalue weighted by Gasteiger charge is 2.28. The lowest BCUT2D eigenvalue weighted by Gasteiger charge is -2.41. The zero-order valence-electron chi connectivity index (χ0n) is 10.5. The van der Waals surface area contributed by atoms with Crippen molar-refractivity contribution >= 4 is 0 Å². The van der Waals surface area contributed by atoms with Crippen molar-refractivity contribution in [2.75, 3.05) is 26.2 Å². The first-order chi connectivity index (χ1) is 7.79. The summed E-state index contributed by atoms with van der Waals surface area (Å²) in [7, 11) is 0. The maximum atomic E-state index is 5.67. The Morgan fingerprint density at radius 3 is 3.00 bits per heavy atom. The van der Waals surface area contributed by atoms with Crippen molar-refractivity contribution in [3.8, 4) is 0 Å². The summed E-state index contributed by atoms with van der Waals surface area (Å²) < 4.78 is 5.63. The van der Waals surface area contributed by atoms with Gasteiger partial charge in [-0.3, -0.25) is 4.90 Å². The Bertz CT molecular complexity index is 208. The van der Waals surface area contributed by atoms with Crippen LogP contribution < -0.4 is 5.73 Å². The molecule has 3 unspecified atom stereocenters. The van der Waals surface area contributed by atoms with E-state index in [-0.39, 0.29) is 0 Å². The molecule has 0 aliphatic carbocycles. The molecule has 0 saturated carbocycles. The van der Waals surface area contributed by atoms with Gasteiger partial charge in [-0.25, -0.2) is 0 Å². The number of piperidine rings is 1. The molecule has 2 saturated heterocycles. The van der Waals surface area contributed by atoms with Crippen LogP contribution in [-0.4, -0.2) is 43.3 Å². The second-order valence-corrected chi connectivity index (χ2v) is 5.44. The van der Waals surface area contributed by atoms with Crippen molar-refractivity contribution in [1.82, 2.24) is 4.90 Å². The largest absolute Gasteiger partial charge is 0.378 e. The highest BCUT2D eigenvalue weighted by atomic mass is 16.5. The molecule has 0 aromatic carbocycles. The monoisotopic (exact) mass is 226 g/mol. The summed E-state index contributed by atoms with van der Waals surface area (Å²) in [6, 6.07) is 0.768. The summed E-state index contributed by atoms with van der Waals surface area (Å²) >= 11 is 0. The molecule has 16 heavy (non-hydrogen) atoms.